The third kappa shape index (κ3) is 2.75. The number of rotatable bonds is 4. The van der Waals surface area contributed by atoms with E-state index in [1.54, 1.807) is 13.2 Å². The zero-order valence-corrected chi connectivity index (χ0v) is 14.6. The maximum absolute atomic E-state index is 12.2. The van der Waals surface area contributed by atoms with Crippen molar-refractivity contribution in [2.45, 2.75) is 0 Å². The van der Waals surface area contributed by atoms with E-state index in [0.29, 0.717) is 11.4 Å². The van der Waals surface area contributed by atoms with Gasteiger partial charge in [0.05, 0.1) is 29.3 Å². The summed E-state index contributed by atoms with van der Waals surface area (Å²) in [7, 11) is 1.64. The lowest BCUT2D eigenvalue weighted by Crippen LogP contribution is -2.20. The number of nitrogens with zero attached hydrogens (tertiary/aromatic N) is 3. The number of para-hydroxylation sites is 1. The minimum atomic E-state index is -0.569. The number of hydrogen-bond donors (Lipinski definition) is 3. The lowest BCUT2D eigenvalue weighted by molar-refractivity contribution is 0.461. The highest BCUT2D eigenvalue weighted by Gasteiger charge is 2.15. The van der Waals surface area contributed by atoms with Crippen molar-refractivity contribution in [3.05, 3.63) is 77.4 Å². The van der Waals surface area contributed by atoms with Gasteiger partial charge in [-0.05, 0) is 17.7 Å². The van der Waals surface area contributed by atoms with E-state index in [1.165, 1.54) is 10.9 Å². The van der Waals surface area contributed by atoms with Crippen molar-refractivity contribution < 1.29 is 5.11 Å². The second-order valence-electron chi connectivity index (χ2n) is 6.02. The molecule has 0 aliphatic carbocycles. The third-order valence-corrected chi connectivity index (χ3v) is 4.41. The van der Waals surface area contributed by atoms with Gasteiger partial charge in [-0.2, -0.15) is 10.2 Å². The van der Waals surface area contributed by atoms with E-state index in [0.717, 1.165) is 22.0 Å². The van der Waals surface area contributed by atoms with E-state index in [9.17, 15) is 9.90 Å². The van der Waals surface area contributed by atoms with Gasteiger partial charge in [0.15, 0.2) is 11.4 Å². The Hall–Kier alpha value is -3.87. The van der Waals surface area contributed by atoms with Gasteiger partial charge in [0.2, 0.25) is 0 Å². The molecule has 0 aliphatic heterocycles. The first-order valence-electron chi connectivity index (χ1n) is 8.32. The van der Waals surface area contributed by atoms with Crippen LogP contribution in [0.25, 0.3) is 33.4 Å². The van der Waals surface area contributed by atoms with E-state index < -0.39 is 11.2 Å². The number of aromatic nitrogens is 4. The Morgan fingerprint density at radius 1 is 1.19 bits per heavy atom. The molecule has 7 heteroatoms. The maximum Gasteiger partial charge on any atom is 0.251 e. The average Bonchev–Trinajstić information content (AvgIpc) is 3.18. The van der Waals surface area contributed by atoms with Crippen molar-refractivity contribution in [3.63, 3.8) is 0 Å². The molecular weight excluding hydrogens is 342 g/mol. The minimum Gasteiger partial charge on any atom is -0.503 e. The quantitative estimate of drug-likeness (QED) is 0.521. The van der Waals surface area contributed by atoms with Gasteiger partial charge >= 0.3 is 0 Å². The van der Waals surface area contributed by atoms with E-state index in [-0.39, 0.29) is 5.69 Å². The number of H-pyrrole nitrogens is 1. The Kier molecular flexibility index (Phi) is 3.97. The third-order valence-electron chi connectivity index (χ3n) is 4.41. The van der Waals surface area contributed by atoms with Crippen LogP contribution in [0.4, 0.5) is 0 Å². The molecule has 0 aliphatic rings. The first-order valence-corrected chi connectivity index (χ1v) is 8.32. The summed E-state index contributed by atoms with van der Waals surface area (Å²) in [4.78, 5) is 12.2. The van der Waals surface area contributed by atoms with Gasteiger partial charge in [-0.25, -0.2) is 4.68 Å². The van der Waals surface area contributed by atoms with E-state index in [2.05, 4.69) is 27.2 Å². The van der Waals surface area contributed by atoms with Crippen LogP contribution in [0.3, 0.4) is 0 Å². The van der Waals surface area contributed by atoms with Gasteiger partial charge < -0.3 is 10.4 Å². The topological polar surface area (TPSA) is 95.8 Å². The van der Waals surface area contributed by atoms with Gasteiger partial charge in [-0.1, -0.05) is 36.9 Å². The molecular formula is C20H17N5O2. The number of aromatic amines is 1. The molecule has 0 amide bonds. The molecule has 27 heavy (non-hydrogen) atoms. The number of hydrogen-bond acceptors (Lipinski definition) is 5. The molecule has 0 saturated heterocycles. The van der Waals surface area contributed by atoms with Crippen LogP contribution in [0.2, 0.25) is 0 Å². The van der Waals surface area contributed by atoms with Crippen LogP contribution in [-0.4, -0.2) is 32.1 Å². The molecule has 0 spiro atoms. The summed E-state index contributed by atoms with van der Waals surface area (Å²) in [5, 5.41) is 25.4. The molecule has 2 aromatic heterocycles. The molecule has 0 bridgehead atoms. The molecule has 0 saturated carbocycles. The second kappa shape index (κ2) is 6.45. The second-order valence-corrected chi connectivity index (χ2v) is 6.02. The molecule has 0 radical (unpaired) electrons. The van der Waals surface area contributed by atoms with Crippen molar-refractivity contribution in [1.82, 2.24) is 25.3 Å². The van der Waals surface area contributed by atoms with Gasteiger partial charge in [0, 0.05) is 18.0 Å². The minimum absolute atomic E-state index is 0.0637. The van der Waals surface area contributed by atoms with Crippen LogP contribution < -0.4 is 10.7 Å². The smallest absolute Gasteiger partial charge is 0.251 e. The van der Waals surface area contributed by atoms with Crippen molar-refractivity contribution in [3.8, 4) is 22.6 Å². The summed E-state index contributed by atoms with van der Waals surface area (Å²) in [6.45, 7) is 3.78. The van der Waals surface area contributed by atoms with Gasteiger partial charge in [-0.3, -0.25) is 9.89 Å². The van der Waals surface area contributed by atoms with Gasteiger partial charge in [0.1, 0.15) is 0 Å². The van der Waals surface area contributed by atoms with Crippen LogP contribution in [0.5, 0.6) is 5.75 Å². The van der Waals surface area contributed by atoms with Crippen molar-refractivity contribution in [1.29, 1.82) is 0 Å². The molecule has 4 aromatic rings. The highest BCUT2D eigenvalue weighted by atomic mass is 16.3. The summed E-state index contributed by atoms with van der Waals surface area (Å²) < 4.78 is 1.49. The molecule has 2 aromatic carbocycles. The van der Waals surface area contributed by atoms with Gasteiger partial charge in [0.25, 0.3) is 5.43 Å². The number of fused-ring (bicyclic) bond motifs is 1. The summed E-state index contributed by atoms with van der Waals surface area (Å²) in [5.74, 6) is -0.396. The normalized spacial score (nSPS) is 10.9. The molecule has 7 nitrogen and oxygen atoms in total. The number of benzene rings is 2. The summed E-state index contributed by atoms with van der Waals surface area (Å²) in [5.41, 5.74) is 3.31. The zero-order chi connectivity index (χ0) is 19.0. The van der Waals surface area contributed by atoms with E-state index >= 15 is 0 Å². The van der Waals surface area contributed by atoms with E-state index in [1.807, 2.05) is 42.5 Å². The average molecular weight is 359 g/mol. The Labute approximate surface area is 154 Å². The van der Waals surface area contributed by atoms with Crippen LogP contribution in [-0.2, 0) is 0 Å². The SMILES string of the molecule is C=C(NC)c1nn(-c2ccccc2-c2cccc3[nH]ncc23)cc(O)c1=O. The number of aromatic hydroxyl groups is 1. The Morgan fingerprint density at radius 3 is 2.78 bits per heavy atom. The van der Waals surface area contributed by atoms with Crippen molar-refractivity contribution in [2.75, 3.05) is 7.05 Å². The monoisotopic (exact) mass is 359 g/mol. The van der Waals surface area contributed by atoms with Crippen molar-refractivity contribution >= 4 is 16.6 Å². The molecule has 4 rings (SSSR count). The molecule has 0 unspecified atom stereocenters. The van der Waals surface area contributed by atoms with Gasteiger partial charge in [-0.15, -0.1) is 0 Å². The lowest BCUT2D eigenvalue weighted by atomic mass is 10.0. The van der Waals surface area contributed by atoms with Crippen LogP contribution >= 0.6 is 0 Å². The Morgan fingerprint density at radius 2 is 1.96 bits per heavy atom. The predicted octanol–water partition coefficient (Wildman–Crippen LogP) is 2.67. The predicted molar refractivity (Wildman–Crippen MR) is 105 cm³/mol. The molecule has 0 atom stereocenters. The molecule has 134 valence electrons. The van der Waals surface area contributed by atoms with E-state index in [4.69, 9.17) is 0 Å². The Bertz CT molecular complexity index is 1220. The fourth-order valence-corrected chi connectivity index (χ4v) is 3.02. The maximum atomic E-state index is 12.2. The molecule has 2 heterocycles. The molecule has 0 fully saturated rings. The highest BCUT2D eigenvalue weighted by Crippen LogP contribution is 2.32. The first-order chi connectivity index (χ1) is 13.1. The van der Waals surface area contributed by atoms with Crippen LogP contribution in [0.15, 0.2) is 66.2 Å². The Balaban J connectivity index is 1.98. The molecule has 3 N–H and O–H groups in total. The fourth-order valence-electron chi connectivity index (χ4n) is 3.02. The summed E-state index contributed by atoms with van der Waals surface area (Å²) in [6, 6.07) is 13.5. The summed E-state index contributed by atoms with van der Waals surface area (Å²) >= 11 is 0. The van der Waals surface area contributed by atoms with Crippen molar-refractivity contribution in [2.24, 2.45) is 0 Å². The standard InChI is InChI=1S/C20H17N5O2/c1-12(21-2)19-20(27)18(26)11-25(24-19)17-9-4-3-6-14(17)13-7-5-8-16-15(13)10-22-23-16/h3-11,21,26H,1H2,2H3,(H,22,23). The first kappa shape index (κ1) is 16.6. The van der Waals surface area contributed by atoms with Crippen LogP contribution in [0, 0.1) is 0 Å². The largest absolute Gasteiger partial charge is 0.503 e. The number of nitrogens with one attached hydrogen (secondary N) is 2. The lowest BCUT2D eigenvalue weighted by Gasteiger charge is -2.14. The summed E-state index contributed by atoms with van der Waals surface area (Å²) in [6.07, 6.45) is 3.08. The van der Waals surface area contributed by atoms with Crippen LogP contribution in [0.1, 0.15) is 5.69 Å². The zero-order valence-electron chi connectivity index (χ0n) is 14.6. The highest BCUT2D eigenvalue weighted by molar-refractivity contribution is 5.96. The fraction of sp³-hybridized carbons (Fsp3) is 0.0500.